The topological polar surface area (TPSA) is 90.4 Å². The number of aliphatic hydroxyl groups excluding tert-OH is 1. The molecule has 3 amide bonds. The molecule has 0 aliphatic carbocycles. The fourth-order valence-electron chi connectivity index (χ4n) is 4.51. The standard InChI is InChI=1S/C21H29N3O5/c1-4-29-19(27)16-17(25)18(26)24(14-15-8-6-5-7-9-15)21(16)10-12-23(13-11-21)20(28)22(2)3/h5-9,16-17,25H,4,10-14H2,1-3H3/t16-,17+/m0/s1. The van der Waals surface area contributed by atoms with Gasteiger partial charge in [0.1, 0.15) is 12.0 Å². The fourth-order valence-corrected chi connectivity index (χ4v) is 4.51. The second kappa shape index (κ2) is 8.41. The zero-order chi connectivity index (χ0) is 21.2. The van der Waals surface area contributed by atoms with E-state index in [-0.39, 0.29) is 12.6 Å². The van der Waals surface area contributed by atoms with Crippen LogP contribution < -0.4 is 0 Å². The van der Waals surface area contributed by atoms with E-state index in [2.05, 4.69) is 0 Å². The minimum absolute atomic E-state index is 0.105. The van der Waals surface area contributed by atoms with Crippen molar-refractivity contribution in [3.63, 3.8) is 0 Å². The third-order valence-corrected chi connectivity index (χ3v) is 5.96. The molecule has 0 radical (unpaired) electrons. The zero-order valence-corrected chi connectivity index (χ0v) is 17.2. The number of ether oxygens (including phenoxy) is 1. The second-order valence-electron chi connectivity index (χ2n) is 7.85. The molecule has 2 fully saturated rings. The van der Waals surface area contributed by atoms with Crippen molar-refractivity contribution >= 4 is 17.9 Å². The number of amides is 3. The Morgan fingerprint density at radius 3 is 2.38 bits per heavy atom. The molecule has 1 N–H and O–H groups in total. The number of benzene rings is 1. The molecule has 0 saturated carbocycles. The van der Waals surface area contributed by atoms with E-state index in [4.69, 9.17) is 4.74 Å². The first-order chi connectivity index (χ1) is 13.8. The molecule has 2 aliphatic rings. The van der Waals surface area contributed by atoms with Gasteiger partial charge in [0.15, 0.2) is 0 Å². The molecule has 1 aromatic rings. The highest BCUT2D eigenvalue weighted by Crippen LogP contribution is 2.45. The SMILES string of the molecule is CCOC(=O)[C@@H]1[C@@H](O)C(=O)N(Cc2ccccc2)C12CCN(C(=O)N(C)C)CC2. The summed E-state index contributed by atoms with van der Waals surface area (Å²) in [5.74, 6) is -1.98. The average molecular weight is 403 g/mol. The van der Waals surface area contributed by atoms with E-state index in [0.717, 1.165) is 5.56 Å². The highest BCUT2D eigenvalue weighted by molar-refractivity contribution is 5.93. The van der Waals surface area contributed by atoms with Gasteiger partial charge in [-0.1, -0.05) is 30.3 Å². The maximum atomic E-state index is 13.0. The number of esters is 1. The van der Waals surface area contributed by atoms with Crippen LogP contribution in [0.1, 0.15) is 25.3 Å². The molecule has 2 heterocycles. The van der Waals surface area contributed by atoms with Crippen molar-refractivity contribution in [2.45, 2.75) is 38.0 Å². The molecule has 8 nitrogen and oxygen atoms in total. The van der Waals surface area contributed by atoms with Gasteiger partial charge in [0.2, 0.25) is 0 Å². The number of hydrogen-bond donors (Lipinski definition) is 1. The monoisotopic (exact) mass is 403 g/mol. The van der Waals surface area contributed by atoms with Gasteiger partial charge in [0, 0.05) is 33.7 Å². The van der Waals surface area contributed by atoms with Gasteiger partial charge in [0.05, 0.1) is 12.1 Å². The first kappa shape index (κ1) is 21.1. The van der Waals surface area contributed by atoms with Crippen molar-refractivity contribution in [3.05, 3.63) is 35.9 Å². The van der Waals surface area contributed by atoms with Crippen LogP contribution in [-0.4, -0.2) is 83.1 Å². The number of carbonyl (C=O) groups is 3. The van der Waals surface area contributed by atoms with Crippen LogP contribution in [0.25, 0.3) is 0 Å². The molecule has 0 bridgehead atoms. The number of nitrogens with zero attached hydrogens (tertiary/aromatic N) is 3. The fraction of sp³-hybridized carbons (Fsp3) is 0.571. The summed E-state index contributed by atoms with van der Waals surface area (Å²) in [6, 6.07) is 9.39. The van der Waals surface area contributed by atoms with Crippen LogP contribution in [0.15, 0.2) is 30.3 Å². The molecule has 158 valence electrons. The van der Waals surface area contributed by atoms with E-state index in [9.17, 15) is 19.5 Å². The Balaban J connectivity index is 1.93. The first-order valence-corrected chi connectivity index (χ1v) is 9.98. The van der Waals surface area contributed by atoms with E-state index < -0.39 is 29.4 Å². The lowest BCUT2D eigenvalue weighted by atomic mass is 9.76. The van der Waals surface area contributed by atoms with Crippen molar-refractivity contribution in [1.82, 2.24) is 14.7 Å². The number of hydrogen-bond acceptors (Lipinski definition) is 5. The number of aliphatic hydroxyl groups is 1. The van der Waals surface area contributed by atoms with Gasteiger partial charge in [-0.2, -0.15) is 0 Å². The summed E-state index contributed by atoms with van der Waals surface area (Å²) in [4.78, 5) is 43.0. The van der Waals surface area contributed by atoms with Crippen molar-refractivity contribution in [1.29, 1.82) is 0 Å². The van der Waals surface area contributed by atoms with E-state index in [1.54, 1.807) is 30.8 Å². The highest BCUT2D eigenvalue weighted by Gasteiger charge is 2.62. The van der Waals surface area contributed by atoms with Crippen LogP contribution in [0.5, 0.6) is 0 Å². The number of rotatable bonds is 4. The highest BCUT2D eigenvalue weighted by atomic mass is 16.5. The number of carbonyl (C=O) groups excluding carboxylic acids is 3. The van der Waals surface area contributed by atoms with Gasteiger partial charge < -0.3 is 24.5 Å². The smallest absolute Gasteiger partial charge is 0.319 e. The quantitative estimate of drug-likeness (QED) is 0.760. The van der Waals surface area contributed by atoms with Gasteiger partial charge in [-0.15, -0.1) is 0 Å². The lowest BCUT2D eigenvalue weighted by molar-refractivity contribution is -0.156. The average Bonchev–Trinajstić information content (AvgIpc) is 2.90. The molecule has 0 aromatic heterocycles. The van der Waals surface area contributed by atoms with Crippen LogP contribution in [0.3, 0.4) is 0 Å². The van der Waals surface area contributed by atoms with E-state index in [1.807, 2.05) is 30.3 Å². The van der Waals surface area contributed by atoms with E-state index in [0.29, 0.717) is 32.5 Å². The summed E-state index contributed by atoms with van der Waals surface area (Å²) >= 11 is 0. The maximum Gasteiger partial charge on any atom is 0.319 e. The Bertz CT molecular complexity index is 759. The van der Waals surface area contributed by atoms with Gasteiger partial charge in [-0.05, 0) is 25.3 Å². The molecule has 1 aromatic carbocycles. The summed E-state index contributed by atoms with van der Waals surface area (Å²) in [5.41, 5.74) is 0.0468. The van der Waals surface area contributed by atoms with Crippen molar-refractivity contribution < 1.29 is 24.2 Å². The molecule has 0 unspecified atom stereocenters. The van der Waals surface area contributed by atoms with Crippen LogP contribution in [0.2, 0.25) is 0 Å². The second-order valence-corrected chi connectivity index (χ2v) is 7.85. The summed E-state index contributed by atoms with van der Waals surface area (Å²) < 4.78 is 5.22. The third kappa shape index (κ3) is 3.81. The minimum Gasteiger partial charge on any atom is -0.466 e. The Morgan fingerprint density at radius 1 is 1.21 bits per heavy atom. The molecule has 2 atom stereocenters. The van der Waals surface area contributed by atoms with Crippen molar-refractivity contribution in [3.8, 4) is 0 Å². The summed E-state index contributed by atoms with van der Waals surface area (Å²) in [5, 5.41) is 10.7. The van der Waals surface area contributed by atoms with Crippen molar-refractivity contribution in [2.75, 3.05) is 33.8 Å². The molecule has 29 heavy (non-hydrogen) atoms. The Labute approximate surface area is 171 Å². The predicted molar refractivity (Wildman–Crippen MR) is 106 cm³/mol. The maximum absolute atomic E-state index is 13.0. The molecule has 2 aliphatic heterocycles. The summed E-state index contributed by atoms with van der Waals surface area (Å²) in [6.45, 7) is 2.98. The summed E-state index contributed by atoms with van der Waals surface area (Å²) in [6.07, 6.45) is -0.619. The lowest BCUT2D eigenvalue weighted by Gasteiger charge is -2.47. The van der Waals surface area contributed by atoms with Crippen molar-refractivity contribution in [2.24, 2.45) is 5.92 Å². The van der Waals surface area contributed by atoms with Gasteiger partial charge in [-0.25, -0.2) is 4.79 Å². The predicted octanol–water partition coefficient (Wildman–Crippen LogP) is 1.09. The first-order valence-electron chi connectivity index (χ1n) is 9.98. The van der Waals surface area contributed by atoms with Crippen LogP contribution in [-0.2, 0) is 20.9 Å². The van der Waals surface area contributed by atoms with Gasteiger partial charge in [0.25, 0.3) is 5.91 Å². The van der Waals surface area contributed by atoms with E-state index in [1.165, 1.54) is 4.90 Å². The largest absolute Gasteiger partial charge is 0.466 e. The Kier molecular flexibility index (Phi) is 6.12. The van der Waals surface area contributed by atoms with E-state index >= 15 is 0 Å². The third-order valence-electron chi connectivity index (χ3n) is 5.96. The van der Waals surface area contributed by atoms with Crippen LogP contribution in [0, 0.1) is 5.92 Å². The van der Waals surface area contributed by atoms with Gasteiger partial charge >= 0.3 is 12.0 Å². The molecule has 2 saturated heterocycles. The zero-order valence-electron chi connectivity index (χ0n) is 17.2. The summed E-state index contributed by atoms with van der Waals surface area (Å²) in [7, 11) is 3.39. The Morgan fingerprint density at radius 2 is 1.83 bits per heavy atom. The minimum atomic E-state index is -1.44. The molecular weight excluding hydrogens is 374 g/mol. The van der Waals surface area contributed by atoms with Crippen LogP contribution in [0.4, 0.5) is 4.79 Å². The molecular formula is C21H29N3O5. The lowest BCUT2D eigenvalue weighted by Crippen LogP contribution is -2.59. The number of likely N-dealkylation sites (tertiary alicyclic amines) is 2. The van der Waals surface area contributed by atoms with Gasteiger partial charge in [-0.3, -0.25) is 9.59 Å². The number of urea groups is 1. The molecule has 8 heteroatoms. The molecule has 1 spiro atoms. The number of piperidine rings is 1. The Hall–Kier alpha value is -2.61. The normalized spacial score (nSPS) is 23.4. The van der Waals surface area contributed by atoms with Crippen LogP contribution >= 0.6 is 0 Å². The molecule has 3 rings (SSSR count).